The molecule has 2 aromatic carbocycles. The highest BCUT2D eigenvalue weighted by atomic mass is 16.6. The average Bonchev–Trinajstić information content (AvgIpc) is 2.40. The van der Waals surface area contributed by atoms with Crippen LogP contribution in [0.5, 0.6) is 17.2 Å². The van der Waals surface area contributed by atoms with Gasteiger partial charge in [-0.15, -0.1) is 0 Å². The molecule has 0 spiro atoms. The van der Waals surface area contributed by atoms with Gasteiger partial charge < -0.3 is 9.84 Å². The van der Waals surface area contributed by atoms with Crippen LogP contribution in [0, 0.1) is 10.1 Å². The molecule has 0 unspecified atom stereocenters. The van der Waals surface area contributed by atoms with Gasteiger partial charge in [0.1, 0.15) is 11.5 Å². The van der Waals surface area contributed by atoms with Crippen LogP contribution < -0.4 is 4.74 Å². The molecular weight excluding hydrogens is 270 g/mol. The number of nitro benzene ring substituents is 1. The van der Waals surface area contributed by atoms with Crippen LogP contribution in [0.25, 0.3) is 0 Å². The number of benzene rings is 2. The van der Waals surface area contributed by atoms with E-state index in [0.29, 0.717) is 5.75 Å². The summed E-state index contributed by atoms with van der Waals surface area (Å²) in [6.45, 7) is 5.91. The second-order valence-electron chi connectivity index (χ2n) is 5.76. The standard InChI is InChI=1S/C16H17NO4/c1-16(2,3)12-10-11(8-9-14(12)18)21-15-7-5-4-6-13(15)17(19)20/h4-10,18H,1-3H3. The fraction of sp³-hybridized carbons (Fsp3) is 0.250. The molecular formula is C16H17NO4. The number of phenolic OH excluding ortho intramolecular Hbond substituents is 1. The number of para-hydroxylation sites is 2. The maximum atomic E-state index is 11.0. The van der Waals surface area contributed by atoms with Crippen LogP contribution >= 0.6 is 0 Å². The first-order valence-corrected chi connectivity index (χ1v) is 6.54. The van der Waals surface area contributed by atoms with Crippen LogP contribution in [-0.2, 0) is 5.41 Å². The molecule has 2 aromatic rings. The Hall–Kier alpha value is -2.56. The number of nitrogens with zero attached hydrogens (tertiary/aromatic N) is 1. The van der Waals surface area contributed by atoms with Gasteiger partial charge in [0.25, 0.3) is 0 Å². The first-order chi connectivity index (χ1) is 9.79. The number of rotatable bonds is 3. The lowest BCUT2D eigenvalue weighted by Crippen LogP contribution is -2.11. The second kappa shape index (κ2) is 5.44. The molecule has 0 aliphatic heterocycles. The normalized spacial score (nSPS) is 11.2. The van der Waals surface area contributed by atoms with Crippen molar-refractivity contribution in [2.75, 3.05) is 0 Å². The Morgan fingerprint density at radius 1 is 1.14 bits per heavy atom. The maximum absolute atomic E-state index is 11.0. The van der Waals surface area contributed by atoms with Crippen molar-refractivity contribution in [2.45, 2.75) is 26.2 Å². The Morgan fingerprint density at radius 3 is 2.43 bits per heavy atom. The third kappa shape index (κ3) is 3.31. The van der Waals surface area contributed by atoms with Gasteiger partial charge in [-0.1, -0.05) is 32.9 Å². The summed E-state index contributed by atoms with van der Waals surface area (Å²) in [7, 11) is 0. The number of aromatic hydroxyl groups is 1. The molecule has 5 nitrogen and oxygen atoms in total. The Bertz CT molecular complexity index is 674. The van der Waals surface area contributed by atoms with Crippen molar-refractivity contribution >= 4 is 5.69 Å². The van der Waals surface area contributed by atoms with Crippen LogP contribution in [0.3, 0.4) is 0 Å². The zero-order valence-corrected chi connectivity index (χ0v) is 12.2. The molecule has 0 amide bonds. The molecule has 5 heteroatoms. The molecule has 0 aromatic heterocycles. The van der Waals surface area contributed by atoms with E-state index in [0.717, 1.165) is 5.56 Å². The molecule has 0 aliphatic rings. The number of hydrogen-bond donors (Lipinski definition) is 1. The van der Waals surface area contributed by atoms with E-state index in [9.17, 15) is 15.2 Å². The summed E-state index contributed by atoms with van der Waals surface area (Å²) in [5.41, 5.74) is 0.368. The van der Waals surface area contributed by atoms with Crippen molar-refractivity contribution in [1.29, 1.82) is 0 Å². The van der Waals surface area contributed by atoms with Crippen LogP contribution in [0.4, 0.5) is 5.69 Å². The zero-order valence-electron chi connectivity index (χ0n) is 12.2. The zero-order chi connectivity index (χ0) is 15.6. The van der Waals surface area contributed by atoms with Gasteiger partial charge in [-0.25, -0.2) is 0 Å². The van der Waals surface area contributed by atoms with Gasteiger partial charge in [-0.2, -0.15) is 0 Å². The first kappa shape index (κ1) is 14.8. The Balaban J connectivity index is 2.40. The average molecular weight is 287 g/mol. The van der Waals surface area contributed by atoms with Gasteiger partial charge in [0.15, 0.2) is 0 Å². The van der Waals surface area contributed by atoms with Gasteiger partial charge in [0.2, 0.25) is 5.75 Å². The quantitative estimate of drug-likeness (QED) is 0.671. The van der Waals surface area contributed by atoms with Gasteiger partial charge in [-0.05, 0) is 29.7 Å². The SMILES string of the molecule is CC(C)(C)c1cc(Oc2ccccc2[N+](=O)[O-])ccc1O. The molecule has 2 rings (SSSR count). The first-order valence-electron chi connectivity index (χ1n) is 6.54. The van der Waals surface area contributed by atoms with Gasteiger partial charge in [0, 0.05) is 11.6 Å². The van der Waals surface area contributed by atoms with E-state index in [1.807, 2.05) is 20.8 Å². The highest BCUT2D eigenvalue weighted by Gasteiger charge is 2.20. The highest BCUT2D eigenvalue weighted by molar-refractivity contribution is 5.50. The van der Waals surface area contributed by atoms with Crippen LogP contribution in [-0.4, -0.2) is 10.0 Å². The van der Waals surface area contributed by atoms with E-state index < -0.39 is 4.92 Å². The number of nitro groups is 1. The third-order valence-electron chi connectivity index (χ3n) is 3.07. The minimum atomic E-state index is -0.486. The molecule has 0 bridgehead atoms. The smallest absolute Gasteiger partial charge is 0.311 e. The molecule has 0 saturated heterocycles. The number of ether oxygens (including phenoxy) is 1. The topological polar surface area (TPSA) is 72.6 Å². The Labute approximate surface area is 123 Å². The fourth-order valence-electron chi connectivity index (χ4n) is 2.00. The van der Waals surface area contributed by atoms with Gasteiger partial charge in [-0.3, -0.25) is 10.1 Å². The maximum Gasteiger partial charge on any atom is 0.311 e. The van der Waals surface area contributed by atoms with Crippen LogP contribution in [0.2, 0.25) is 0 Å². The molecule has 0 radical (unpaired) electrons. The molecule has 0 aliphatic carbocycles. The van der Waals surface area contributed by atoms with Gasteiger partial charge in [0.05, 0.1) is 4.92 Å². The van der Waals surface area contributed by atoms with Gasteiger partial charge >= 0.3 is 5.69 Å². The Kier molecular flexibility index (Phi) is 3.84. The summed E-state index contributed by atoms with van der Waals surface area (Å²) in [5, 5.41) is 20.9. The third-order valence-corrected chi connectivity index (χ3v) is 3.07. The minimum absolute atomic E-state index is 0.0946. The van der Waals surface area contributed by atoms with Crippen LogP contribution in [0.15, 0.2) is 42.5 Å². The molecule has 110 valence electrons. The molecule has 1 N–H and O–H groups in total. The summed E-state index contributed by atoms with van der Waals surface area (Å²) >= 11 is 0. The molecule has 0 fully saturated rings. The van der Waals surface area contributed by atoms with Crippen molar-refractivity contribution in [1.82, 2.24) is 0 Å². The van der Waals surface area contributed by atoms with Crippen molar-refractivity contribution in [3.05, 3.63) is 58.1 Å². The number of hydrogen-bond acceptors (Lipinski definition) is 4. The number of phenols is 1. The van der Waals surface area contributed by atoms with Crippen molar-refractivity contribution in [3.8, 4) is 17.2 Å². The summed E-state index contributed by atoms with van der Waals surface area (Å²) in [6.07, 6.45) is 0. The lowest BCUT2D eigenvalue weighted by atomic mass is 9.86. The molecule has 0 saturated carbocycles. The van der Waals surface area contributed by atoms with Crippen molar-refractivity contribution < 1.29 is 14.8 Å². The van der Waals surface area contributed by atoms with Crippen molar-refractivity contribution in [2.24, 2.45) is 0 Å². The lowest BCUT2D eigenvalue weighted by Gasteiger charge is -2.21. The van der Waals surface area contributed by atoms with Crippen LogP contribution in [0.1, 0.15) is 26.3 Å². The van der Waals surface area contributed by atoms with E-state index >= 15 is 0 Å². The Morgan fingerprint density at radius 2 is 1.81 bits per heavy atom. The molecule has 0 atom stereocenters. The monoisotopic (exact) mass is 287 g/mol. The van der Waals surface area contributed by atoms with E-state index in [4.69, 9.17) is 4.74 Å². The van der Waals surface area contributed by atoms with E-state index in [-0.39, 0.29) is 22.6 Å². The predicted molar refractivity (Wildman–Crippen MR) is 80.0 cm³/mol. The second-order valence-corrected chi connectivity index (χ2v) is 5.76. The summed E-state index contributed by atoms with van der Waals surface area (Å²) in [5.74, 6) is 0.803. The largest absolute Gasteiger partial charge is 0.508 e. The summed E-state index contributed by atoms with van der Waals surface area (Å²) in [4.78, 5) is 10.5. The highest BCUT2D eigenvalue weighted by Crippen LogP contribution is 2.36. The summed E-state index contributed by atoms with van der Waals surface area (Å²) in [6, 6.07) is 11.0. The summed E-state index contributed by atoms with van der Waals surface area (Å²) < 4.78 is 5.61. The van der Waals surface area contributed by atoms with E-state index in [2.05, 4.69) is 0 Å². The molecule has 0 heterocycles. The predicted octanol–water partition coefficient (Wildman–Crippen LogP) is 4.39. The fourth-order valence-corrected chi connectivity index (χ4v) is 2.00. The van der Waals surface area contributed by atoms with Crippen molar-refractivity contribution in [3.63, 3.8) is 0 Å². The minimum Gasteiger partial charge on any atom is -0.508 e. The van der Waals surface area contributed by atoms with E-state index in [1.54, 1.807) is 30.3 Å². The lowest BCUT2D eigenvalue weighted by molar-refractivity contribution is -0.385. The van der Waals surface area contributed by atoms with E-state index in [1.165, 1.54) is 12.1 Å². The molecule has 21 heavy (non-hydrogen) atoms.